The number of piperazine rings is 1. The van der Waals surface area contributed by atoms with Gasteiger partial charge in [-0.05, 0) is 13.1 Å². The Morgan fingerprint density at radius 1 is 1.42 bits per heavy atom. The Bertz CT molecular complexity index is 490. The summed E-state index contributed by atoms with van der Waals surface area (Å²) in [6, 6.07) is 3.65. The molecule has 102 valence electrons. The zero-order chi connectivity index (χ0) is 13.8. The molecule has 0 radical (unpaired) electrons. The highest BCUT2D eigenvalue weighted by Crippen LogP contribution is 2.14. The molecular weight excluding hydrogens is 244 g/mol. The van der Waals surface area contributed by atoms with E-state index in [0.29, 0.717) is 31.1 Å². The minimum Gasteiger partial charge on any atom is -0.373 e. The van der Waals surface area contributed by atoms with Gasteiger partial charge in [0.25, 0.3) is 0 Å². The van der Waals surface area contributed by atoms with Crippen molar-refractivity contribution in [1.29, 1.82) is 0 Å². The van der Waals surface area contributed by atoms with Gasteiger partial charge >= 0.3 is 0 Å². The molecule has 1 saturated heterocycles. The molecule has 0 spiro atoms. The molecule has 6 heteroatoms. The molecule has 0 aliphatic carbocycles. The first-order valence-corrected chi connectivity index (χ1v) is 6.23. The highest BCUT2D eigenvalue weighted by atomic mass is 16.2. The Morgan fingerprint density at radius 2 is 2.21 bits per heavy atom. The summed E-state index contributed by atoms with van der Waals surface area (Å²) < 4.78 is 0. The number of hydrogen-bond acceptors (Lipinski definition) is 5. The van der Waals surface area contributed by atoms with Crippen LogP contribution < -0.4 is 5.32 Å². The van der Waals surface area contributed by atoms with Crippen molar-refractivity contribution >= 4 is 18.0 Å². The number of amides is 1. The number of nitrogens with one attached hydrogen (secondary N) is 1. The zero-order valence-corrected chi connectivity index (χ0v) is 11.2. The molecule has 2 rings (SSSR count). The first-order valence-electron chi connectivity index (χ1n) is 6.23. The van der Waals surface area contributed by atoms with Gasteiger partial charge in [-0.25, -0.2) is 4.98 Å². The standard InChI is InChI=1S/C13H18N4O2/c1-14-12-4-3-10(11(9-18)15-12)7-17-6-5-16(2)8-13(17)19/h3-4,9H,5-8H2,1-2H3,(H,14,15). The lowest BCUT2D eigenvalue weighted by molar-refractivity contribution is -0.136. The number of rotatable bonds is 4. The summed E-state index contributed by atoms with van der Waals surface area (Å²) in [7, 11) is 3.68. The molecule has 0 aromatic carbocycles. The van der Waals surface area contributed by atoms with E-state index in [1.165, 1.54) is 0 Å². The first kappa shape index (κ1) is 13.5. The monoisotopic (exact) mass is 262 g/mol. The molecule has 1 amide bonds. The Balaban J connectivity index is 2.14. The molecular formula is C13H18N4O2. The molecule has 1 aromatic rings. The molecule has 0 unspecified atom stereocenters. The predicted molar refractivity (Wildman–Crippen MR) is 72.1 cm³/mol. The molecule has 1 N–H and O–H groups in total. The van der Waals surface area contributed by atoms with Gasteiger partial charge in [-0.3, -0.25) is 14.5 Å². The third-order valence-corrected chi connectivity index (χ3v) is 3.25. The van der Waals surface area contributed by atoms with Crippen LogP contribution in [-0.2, 0) is 11.3 Å². The smallest absolute Gasteiger partial charge is 0.237 e. The van der Waals surface area contributed by atoms with Crippen LogP contribution >= 0.6 is 0 Å². The third kappa shape index (κ3) is 3.08. The highest BCUT2D eigenvalue weighted by Gasteiger charge is 2.22. The van der Waals surface area contributed by atoms with Crippen LogP contribution in [0, 0.1) is 0 Å². The van der Waals surface area contributed by atoms with Crippen LogP contribution in [0.1, 0.15) is 16.1 Å². The number of anilines is 1. The van der Waals surface area contributed by atoms with E-state index in [1.807, 2.05) is 24.1 Å². The van der Waals surface area contributed by atoms with E-state index in [9.17, 15) is 9.59 Å². The molecule has 0 atom stereocenters. The van der Waals surface area contributed by atoms with Gasteiger partial charge in [0.2, 0.25) is 5.91 Å². The quantitative estimate of drug-likeness (QED) is 0.786. The summed E-state index contributed by atoms with van der Waals surface area (Å²) in [6.45, 7) is 2.40. The molecule has 1 aliphatic heterocycles. The van der Waals surface area contributed by atoms with Gasteiger partial charge in [-0.15, -0.1) is 0 Å². The topological polar surface area (TPSA) is 65.5 Å². The molecule has 2 heterocycles. The number of nitrogens with zero attached hydrogens (tertiary/aromatic N) is 3. The number of aldehydes is 1. The van der Waals surface area contributed by atoms with Crippen molar-refractivity contribution in [2.24, 2.45) is 0 Å². The van der Waals surface area contributed by atoms with Crippen molar-refractivity contribution in [1.82, 2.24) is 14.8 Å². The summed E-state index contributed by atoms with van der Waals surface area (Å²) >= 11 is 0. The molecule has 6 nitrogen and oxygen atoms in total. The van der Waals surface area contributed by atoms with E-state index in [4.69, 9.17) is 0 Å². The summed E-state index contributed by atoms with van der Waals surface area (Å²) in [5, 5.41) is 2.89. The summed E-state index contributed by atoms with van der Waals surface area (Å²) in [5.41, 5.74) is 1.17. The summed E-state index contributed by atoms with van der Waals surface area (Å²) in [5.74, 6) is 0.735. The maximum absolute atomic E-state index is 11.9. The minimum atomic E-state index is 0.0864. The molecule has 1 aromatic heterocycles. The van der Waals surface area contributed by atoms with Crippen LogP contribution in [0.2, 0.25) is 0 Å². The van der Waals surface area contributed by atoms with Gasteiger partial charge in [0, 0.05) is 32.2 Å². The molecule has 1 aliphatic rings. The zero-order valence-electron chi connectivity index (χ0n) is 11.2. The van der Waals surface area contributed by atoms with E-state index < -0.39 is 0 Å². The first-order chi connectivity index (χ1) is 9.13. The predicted octanol–water partition coefficient (Wildman–Crippen LogP) is 0.210. The number of carbonyl (C=O) groups excluding carboxylic acids is 2. The van der Waals surface area contributed by atoms with Crippen molar-refractivity contribution in [2.75, 3.05) is 39.0 Å². The second-order valence-electron chi connectivity index (χ2n) is 4.66. The lowest BCUT2D eigenvalue weighted by atomic mass is 10.1. The van der Waals surface area contributed by atoms with Crippen LogP contribution in [0.4, 0.5) is 5.82 Å². The molecule has 19 heavy (non-hydrogen) atoms. The molecule has 0 saturated carbocycles. The normalized spacial score (nSPS) is 16.5. The Hall–Kier alpha value is -1.95. The van der Waals surface area contributed by atoms with E-state index in [0.717, 1.165) is 18.4 Å². The van der Waals surface area contributed by atoms with E-state index in [-0.39, 0.29) is 5.91 Å². The number of aromatic nitrogens is 1. The fourth-order valence-corrected chi connectivity index (χ4v) is 2.08. The van der Waals surface area contributed by atoms with Gasteiger partial charge in [-0.1, -0.05) is 6.07 Å². The van der Waals surface area contributed by atoms with Gasteiger partial charge in [0.05, 0.1) is 6.54 Å². The second kappa shape index (κ2) is 5.79. The average molecular weight is 262 g/mol. The van der Waals surface area contributed by atoms with Gasteiger partial charge in [0.15, 0.2) is 6.29 Å². The van der Waals surface area contributed by atoms with Crippen LogP contribution in [0.5, 0.6) is 0 Å². The van der Waals surface area contributed by atoms with Crippen LogP contribution in [0.25, 0.3) is 0 Å². The van der Waals surface area contributed by atoms with Gasteiger partial charge in [-0.2, -0.15) is 0 Å². The number of pyridine rings is 1. The van der Waals surface area contributed by atoms with Crippen molar-refractivity contribution in [2.45, 2.75) is 6.54 Å². The maximum Gasteiger partial charge on any atom is 0.237 e. The van der Waals surface area contributed by atoms with Crippen molar-refractivity contribution in [3.63, 3.8) is 0 Å². The maximum atomic E-state index is 11.9. The number of likely N-dealkylation sites (N-methyl/N-ethyl adjacent to an activating group) is 1. The average Bonchev–Trinajstić information content (AvgIpc) is 2.42. The Kier molecular flexibility index (Phi) is 4.11. The van der Waals surface area contributed by atoms with Crippen molar-refractivity contribution in [3.05, 3.63) is 23.4 Å². The van der Waals surface area contributed by atoms with Crippen LogP contribution in [-0.4, -0.2) is 60.7 Å². The van der Waals surface area contributed by atoms with Crippen LogP contribution in [0.15, 0.2) is 12.1 Å². The number of carbonyl (C=O) groups is 2. The van der Waals surface area contributed by atoms with Crippen molar-refractivity contribution < 1.29 is 9.59 Å². The molecule has 0 bridgehead atoms. The summed E-state index contributed by atoms with van der Waals surface area (Å²) in [6.07, 6.45) is 0.733. The van der Waals surface area contributed by atoms with E-state index in [1.54, 1.807) is 11.9 Å². The Morgan fingerprint density at radius 3 is 2.84 bits per heavy atom. The van der Waals surface area contributed by atoms with E-state index in [2.05, 4.69) is 10.3 Å². The fraction of sp³-hybridized carbons (Fsp3) is 0.462. The third-order valence-electron chi connectivity index (χ3n) is 3.25. The highest BCUT2D eigenvalue weighted by molar-refractivity contribution is 5.80. The largest absolute Gasteiger partial charge is 0.373 e. The van der Waals surface area contributed by atoms with E-state index >= 15 is 0 Å². The van der Waals surface area contributed by atoms with Gasteiger partial charge in [0.1, 0.15) is 11.5 Å². The summed E-state index contributed by atoms with van der Waals surface area (Å²) in [4.78, 5) is 30.9. The molecule has 1 fully saturated rings. The lowest BCUT2D eigenvalue weighted by Crippen LogP contribution is -2.48. The SMILES string of the molecule is CNc1ccc(CN2CCN(C)CC2=O)c(C=O)n1. The van der Waals surface area contributed by atoms with Crippen molar-refractivity contribution in [3.8, 4) is 0 Å². The second-order valence-corrected chi connectivity index (χ2v) is 4.66. The number of hydrogen-bond donors (Lipinski definition) is 1. The minimum absolute atomic E-state index is 0.0864. The Labute approximate surface area is 112 Å². The fourth-order valence-electron chi connectivity index (χ4n) is 2.08. The van der Waals surface area contributed by atoms with Gasteiger partial charge < -0.3 is 10.2 Å². The lowest BCUT2D eigenvalue weighted by Gasteiger charge is -2.32. The van der Waals surface area contributed by atoms with Crippen LogP contribution in [0.3, 0.4) is 0 Å².